The number of rotatable bonds is 6. The van der Waals surface area contributed by atoms with Crippen LogP contribution >= 0.6 is 15.9 Å². The summed E-state index contributed by atoms with van der Waals surface area (Å²) in [6.07, 6.45) is 0. The fourth-order valence-electron chi connectivity index (χ4n) is 1.45. The highest BCUT2D eigenvalue weighted by molar-refractivity contribution is 9.09. The van der Waals surface area contributed by atoms with Crippen LogP contribution in [0.1, 0.15) is 24.2 Å². The number of nitrogens with one attached hydrogen (secondary N) is 1. The van der Waals surface area contributed by atoms with Gasteiger partial charge in [0, 0.05) is 17.9 Å². The van der Waals surface area contributed by atoms with Gasteiger partial charge < -0.3 is 14.8 Å². The van der Waals surface area contributed by atoms with Gasteiger partial charge in [0.1, 0.15) is 11.5 Å². The maximum absolute atomic E-state index is 12.1. The zero-order valence-electron chi connectivity index (χ0n) is 11.7. The molecule has 1 N–H and O–H groups in total. The first-order valence-corrected chi connectivity index (χ1v) is 7.12. The average Bonchev–Trinajstić information content (AvgIpc) is 2.44. The molecule has 1 aromatic carbocycles. The van der Waals surface area contributed by atoms with Crippen molar-refractivity contribution in [3.05, 3.63) is 23.8 Å². The molecule has 0 saturated carbocycles. The number of hydrogen-bond donors (Lipinski definition) is 1. The van der Waals surface area contributed by atoms with E-state index in [-0.39, 0.29) is 11.3 Å². The summed E-state index contributed by atoms with van der Waals surface area (Å²) in [6, 6.07) is 5.14. The van der Waals surface area contributed by atoms with Gasteiger partial charge in [-0.05, 0) is 17.5 Å². The Bertz CT molecular complexity index is 446. The molecule has 0 aliphatic rings. The molecular weight excluding hydrogens is 310 g/mol. The standard InChI is InChI=1S/C14H20BrNO3/c1-14(2,8-15)9-16-13(17)11-6-5-10(18-3)7-12(11)19-4/h5-7H,8-9H2,1-4H3,(H,16,17). The molecule has 1 amide bonds. The van der Waals surface area contributed by atoms with E-state index in [2.05, 4.69) is 35.1 Å². The van der Waals surface area contributed by atoms with Crippen LogP contribution in [0.5, 0.6) is 11.5 Å². The molecule has 0 heterocycles. The van der Waals surface area contributed by atoms with Crippen LogP contribution in [0.3, 0.4) is 0 Å². The van der Waals surface area contributed by atoms with Gasteiger partial charge in [0.25, 0.3) is 5.91 Å². The molecule has 0 fully saturated rings. The van der Waals surface area contributed by atoms with Gasteiger partial charge in [-0.3, -0.25) is 4.79 Å². The first-order valence-electron chi connectivity index (χ1n) is 5.99. The highest BCUT2D eigenvalue weighted by Crippen LogP contribution is 2.25. The summed E-state index contributed by atoms with van der Waals surface area (Å²) in [6.45, 7) is 4.74. The van der Waals surface area contributed by atoms with E-state index < -0.39 is 0 Å². The van der Waals surface area contributed by atoms with Crippen molar-refractivity contribution in [3.63, 3.8) is 0 Å². The van der Waals surface area contributed by atoms with E-state index >= 15 is 0 Å². The number of hydrogen-bond acceptors (Lipinski definition) is 3. The predicted octanol–water partition coefficient (Wildman–Crippen LogP) is 2.85. The van der Waals surface area contributed by atoms with Gasteiger partial charge in [0.2, 0.25) is 0 Å². The Balaban J connectivity index is 2.82. The van der Waals surface area contributed by atoms with Gasteiger partial charge in [-0.2, -0.15) is 0 Å². The summed E-state index contributed by atoms with van der Waals surface area (Å²) < 4.78 is 10.3. The van der Waals surface area contributed by atoms with E-state index in [0.29, 0.717) is 23.6 Å². The van der Waals surface area contributed by atoms with Crippen LogP contribution in [-0.2, 0) is 0 Å². The fourth-order valence-corrected chi connectivity index (χ4v) is 1.65. The van der Waals surface area contributed by atoms with Crippen LogP contribution in [0.2, 0.25) is 0 Å². The fraction of sp³-hybridized carbons (Fsp3) is 0.500. The summed E-state index contributed by atoms with van der Waals surface area (Å²) >= 11 is 3.43. The molecule has 0 bridgehead atoms. The minimum Gasteiger partial charge on any atom is -0.497 e. The third-order valence-electron chi connectivity index (χ3n) is 2.74. The monoisotopic (exact) mass is 329 g/mol. The molecule has 19 heavy (non-hydrogen) atoms. The molecule has 0 radical (unpaired) electrons. The lowest BCUT2D eigenvalue weighted by Gasteiger charge is -2.22. The number of carbonyl (C=O) groups excluding carboxylic acids is 1. The second kappa shape index (κ2) is 6.80. The van der Waals surface area contributed by atoms with Crippen molar-refractivity contribution in [1.82, 2.24) is 5.32 Å². The summed E-state index contributed by atoms with van der Waals surface area (Å²) in [5.74, 6) is 1.02. The number of ether oxygens (including phenoxy) is 2. The number of benzene rings is 1. The van der Waals surface area contributed by atoms with Gasteiger partial charge in [0.05, 0.1) is 19.8 Å². The number of carbonyl (C=O) groups is 1. The van der Waals surface area contributed by atoms with E-state index in [0.717, 1.165) is 5.33 Å². The Hall–Kier alpha value is -1.23. The van der Waals surface area contributed by atoms with Crippen LogP contribution in [0, 0.1) is 5.41 Å². The van der Waals surface area contributed by atoms with Crippen molar-refractivity contribution in [3.8, 4) is 11.5 Å². The lowest BCUT2D eigenvalue weighted by Crippen LogP contribution is -2.35. The van der Waals surface area contributed by atoms with E-state index in [9.17, 15) is 4.79 Å². The molecule has 1 aromatic rings. The van der Waals surface area contributed by atoms with Crippen LogP contribution < -0.4 is 14.8 Å². The molecule has 5 heteroatoms. The Kier molecular flexibility index (Phi) is 5.66. The Labute approximate surface area is 122 Å². The molecule has 4 nitrogen and oxygen atoms in total. The van der Waals surface area contributed by atoms with Gasteiger partial charge in [-0.15, -0.1) is 0 Å². The van der Waals surface area contributed by atoms with Crippen molar-refractivity contribution in [1.29, 1.82) is 0 Å². The SMILES string of the molecule is COc1ccc(C(=O)NCC(C)(C)CBr)c(OC)c1. The molecule has 0 saturated heterocycles. The first kappa shape index (κ1) is 15.8. The molecule has 0 aliphatic heterocycles. The number of alkyl halides is 1. The smallest absolute Gasteiger partial charge is 0.255 e. The minimum atomic E-state index is -0.145. The van der Waals surface area contributed by atoms with Gasteiger partial charge >= 0.3 is 0 Å². The second-order valence-corrected chi connectivity index (χ2v) is 5.61. The molecule has 0 aliphatic carbocycles. The third-order valence-corrected chi connectivity index (χ3v) is 4.26. The number of methoxy groups -OCH3 is 2. The highest BCUT2D eigenvalue weighted by Gasteiger charge is 2.19. The molecular formula is C14H20BrNO3. The van der Waals surface area contributed by atoms with Gasteiger partial charge in [-0.1, -0.05) is 29.8 Å². The average molecular weight is 330 g/mol. The van der Waals surface area contributed by atoms with Crippen molar-refractivity contribution < 1.29 is 14.3 Å². The molecule has 0 spiro atoms. The van der Waals surface area contributed by atoms with E-state index in [1.807, 2.05) is 0 Å². The summed E-state index contributed by atoms with van der Waals surface area (Å²) in [5.41, 5.74) is 0.517. The van der Waals surface area contributed by atoms with E-state index in [4.69, 9.17) is 9.47 Å². The molecule has 106 valence electrons. The molecule has 0 atom stereocenters. The third kappa shape index (κ3) is 4.42. The van der Waals surface area contributed by atoms with E-state index in [1.54, 1.807) is 25.3 Å². The normalized spacial score (nSPS) is 11.0. The topological polar surface area (TPSA) is 47.6 Å². The Morgan fingerprint density at radius 2 is 2.00 bits per heavy atom. The number of halogens is 1. The van der Waals surface area contributed by atoms with Crippen LogP contribution in [-0.4, -0.2) is 32.0 Å². The predicted molar refractivity (Wildman–Crippen MR) is 79.5 cm³/mol. The minimum absolute atomic E-state index is 0.00929. The highest BCUT2D eigenvalue weighted by atomic mass is 79.9. The zero-order valence-corrected chi connectivity index (χ0v) is 13.3. The van der Waals surface area contributed by atoms with Crippen molar-refractivity contribution in [2.24, 2.45) is 5.41 Å². The molecule has 0 unspecified atom stereocenters. The maximum Gasteiger partial charge on any atom is 0.255 e. The summed E-state index contributed by atoms with van der Waals surface area (Å²) in [5, 5.41) is 3.73. The van der Waals surface area contributed by atoms with Crippen molar-refractivity contribution in [2.45, 2.75) is 13.8 Å². The molecule has 1 rings (SSSR count). The van der Waals surface area contributed by atoms with E-state index in [1.165, 1.54) is 7.11 Å². The van der Waals surface area contributed by atoms with Crippen LogP contribution in [0.15, 0.2) is 18.2 Å². The summed E-state index contributed by atoms with van der Waals surface area (Å²) in [7, 11) is 3.11. The Morgan fingerprint density at radius 3 is 2.53 bits per heavy atom. The number of amides is 1. The second-order valence-electron chi connectivity index (χ2n) is 5.05. The lowest BCUT2D eigenvalue weighted by molar-refractivity contribution is 0.0937. The first-order chi connectivity index (χ1) is 8.93. The summed E-state index contributed by atoms with van der Waals surface area (Å²) in [4.78, 5) is 12.1. The lowest BCUT2D eigenvalue weighted by atomic mass is 9.96. The zero-order chi connectivity index (χ0) is 14.5. The quantitative estimate of drug-likeness (QED) is 0.816. The van der Waals surface area contributed by atoms with Gasteiger partial charge in [-0.25, -0.2) is 0 Å². The maximum atomic E-state index is 12.1. The molecule has 0 aromatic heterocycles. The van der Waals surface area contributed by atoms with Crippen LogP contribution in [0.4, 0.5) is 0 Å². The van der Waals surface area contributed by atoms with Crippen molar-refractivity contribution >= 4 is 21.8 Å². The Morgan fingerprint density at radius 1 is 1.32 bits per heavy atom. The largest absolute Gasteiger partial charge is 0.497 e. The van der Waals surface area contributed by atoms with Gasteiger partial charge in [0.15, 0.2) is 0 Å². The van der Waals surface area contributed by atoms with Crippen molar-refractivity contribution in [2.75, 3.05) is 26.1 Å². The van der Waals surface area contributed by atoms with Crippen LogP contribution in [0.25, 0.3) is 0 Å².